The highest BCUT2D eigenvalue weighted by Gasteiger charge is 2.28. The minimum atomic E-state index is -0.331. The molecule has 1 aromatic rings. The highest BCUT2D eigenvalue weighted by Crippen LogP contribution is 2.39. The number of aliphatic hydroxyl groups excluding tert-OH is 1. The van der Waals surface area contributed by atoms with Crippen molar-refractivity contribution in [3.8, 4) is 5.75 Å². The molecule has 2 N–H and O–H groups in total. The van der Waals surface area contributed by atoms with Crippen molar-refractivity contribution >= 4 is 5.78 Å². The van der Waals surface area contributed by atoms with Crippen molar-refractivity contribution in [3.05, 3.63) is 77.6 Å². The van der Waals surface area contributed by atoms with Gasteiger partial charge in [-0.1, -0.05) is 39.0 Å². The first kappa shape index (κ1) is 18.8. The van der Waals surface area contributed by atoms with E-state index in [1.54, 1.807) is 18.2 Å². The predicted octanol–water partition coefficient (Wildman–Crippen LogP) is 5.51. The molecule has 0 saturated heterocycles. The summed E-state index contributed by atoms with van der Waals surface area (Å²) in [6.45, 7) is 9.96. The largest absolute Gasteiger partial charge is 0.512 e. The number of carbonyl (C=O) groups excluding carboxylic acids is 1. The summed E-state index contributed by atoms with van der Waals surface area (Å²) in [5.74, 6) is 0.615. The molecule has 0 spiro atoms. The van der Waals surface area contributed by atoms with Crippen molar-refractivity contribution < 1.29 is 15.0 Å². The molecule has 1 aromatic carbocycles. The van der Waals surface area contributed by atoms with Crippen LogP contribution in [0.3, 0.4) is 0 Å². The van der Waals surface area contributed by atoms with Crippen LogP contribution in [0.4, 0.5) is 0 Å². The number of ketones is 1. The van der Waals surface area contributed by atoms with Gasteiger partial charge in [0.25, 0.3) is 0 Å². The smallest absolute Gasteiger partial charge is 0.185 e. The summed E-state index contributed by atoms with van der Waals surface area (Å²) in [4.78, 5) is 12.3. The number of phenols is 1. The first-order valence-electron chi connectivity index (χ1n) is 8.57. The van der Waals surface area contributed by atoms with Crippen molar-refractivity contribution in [2.75, 3.05) is 0 Å². The van der Waals surface area contributed by atoms with Crippen LogP contribution in [-0.4, -0.2) is 16.0 Å². The van der Waals surface area contributed by atoms with Gasteiger partial charge in [0, 0.05) is 17.4 Å². The Labute approximate surface area is 149 Å². The number of aliphatic hydroxyl groups is 1. The lowest BCUT2D eigenvalue weighted by Gasteiger charge is -2.30. The summed E-state index contributed by atoms with van der Waals surface area (Å²) in [7, 11) is 0. The number of aromatic hydroxyl groups is 1. The van der Waals surface area contributed by atoms with E-state index < -0.39 is 0 Å². The van der Waals surface area contributed by atoms with E-state index in [4.69, 9.17) is 0 Å². The summed E-state index contributed by atoms with van der Waals surface area (Å²) in [5, 5.41) is 19.7. The van der Waals surface area contributed by atoms with E-state index in [0.717, 1.165) is 17.6 Å². The van der Waals surface area contributed by atoms with Crippen molar-refractivity contribution in [2.24, 2.45) is 11.3 Å². The fraction of sp³-hybridized carbons (Fsp3) is 0.318. The Bertz CT molecular complexity index is 746. The molecule has 0 radical (unpaired) electrons. The number of benzene rings is 1. The molecule has 0 saturated carbocycles. The first-order valence-corrected chi connectivity index (χ1v) is 8.57. The zero-order valence-electron chi connectivity index (χ0n) is 15.1. The van der Waals surface area contributed by atoms with Gasteiger partial charge >= 0.3 is 0 Å². The van der Waals surface area contributed by atoms with E-state index in [1.165, 1.54) is 12.1 Å². The van der Waals surface area contributed by atoms with E-state index >= 15 is 0 Å². The van der Waals surface area contributed by atoms with Crippen LogP contribution in [0.1, 0.15) is 44.0 Å². The molecule has 132 valence electrons. The fourth-order valence-electron chi connectivity index (χ4n) is 2.95. The van der Waals surface area contributed by atoms with Gasteiger partial charge in [-0.05, 0) is 53.8 Å². The van der Waals surface area contributed by atoms with Gasteiger partial charge in [0.1, 0.15) is 5.75 Å². The van der Waals surface area contributed by atoms with Crippen LogP contribution in [0.25, 0.3) is 0 Å². The number of carbonyl (C=O) groups is 1. The van der Waals surface area contributed by atoms with Gasteiger partial charge in [-0.2, -0.15) is 0 Å². The third kappa shape index (κ3) is 4.30. The summed E-state index contributed by atoms with van der Waals surface area (Å²) in [6.07, 6.45) is 8.67. The van der Waals surface area contributed by atoms with E-state index in [1.807, 2.05) is 32.1 Å². The Kier molecular flexibility index (Phi) is 5.68. The SMILES string of the molecule is C=CC(C)(C)C1=C(O)CC(CC)C(/C=C/C(=O)c2ccc(O)cc2)=C1. The van der Waals surface area contributed by atoms with Gasteiger partial charge in [0.05, 0.1) is 5.76 Å². The van der Waals surface area contributed by atoms with Gasteiger partial charge in [-0.15, -0.1) is 6.58 Å². The third-order valence-electron chi connectivity index (χ3n) is 4.81. The van der Waals surface area contributed by atoms with Crippen LogP contribution in [0.5, 0.6) is 5.75 Å². The molecule has 0 bridgehead atoms. The normalized spacial score (nSPS) is 18.4. The molecular weight excluding hydrogens is 312 g/mol. The second-order valence-electron chi connectivity index (χ2n) is 6.98. The van der Waals surface area contributed by atoms with Crippen molar-refractivity contribution in [1.29, 1.82) is 0 Å². The molecule has 25 heavy (non-hydrogen) atoms. The molecule has 0 aliphatic heterocycles. The minimum absolute atomic E-state index is 0.112. The molecule has 1 unspecified atom stereocenters. The van der Waals surface area contributed by atoms with E-state index in [2.05, 4.69) is 13.5 Å². The summed E-state index contributed by atoms with van der Waals surface area (Å²) < 4.78 is 0. The van der Waals surface area contributed by atoms with Gasteiger partial charge < -0.3 is 10.2 Å². The van der Waals surface area contributed by atoms with Crippen LogP contribution in [0.15, 0.2) is 72.1 Å². The van der Waals surface area contributed by atoms with E-state index in [-0.39, 0.29) is 22.9 Å². The zero-order valence-corrected chi connectivity index (χ0v) is 15.1. The molecule has 0 fully saturated rings. The topological polar surface area (TPSA) is 57.5 Å². The van der Waals surface area contributed by atoms with Crippen LogP contribution in [-0.2, 0) is 0 Å². The monoisotopic (exact) mass is 338 g/mol. The number of rotatable bonds is 6. The summed E-state index contributed by atoms with van der Waals surface area (Å²) >= 11 is 0. The molecule has 2 rings (SSSR count). The minimum Gasteiger partial charge on any atom is -0.512 e. The van der Waals surface area contributed by atoms with Gasteiger partial charge in [0.15, 0.2) is 5.78 Å². The first-order chi connectivity index (χ1) is 11.8. The number of phenolic OH excluding ortho intramolecular Hbond substituents is 1. The van der Waals surface area contributed by atoms with Crippen molar-refractivity contribution in [1.82, 2.24) is 0 Å². The lowest BCUT2D eigenvalue weighted by atomic mass is 9.75. The Morgan fingerprint density at radius 3 is 2.48 bits per heavy atom. The Hall–Kier alpha value is -2.55. The number of hydrogen-bond acceptors (Lipinski definition) is 3. The summed E-state index contributed by atoms with van der Waals surface area (Å²) in [5.41, 5.74) is 2.09. The maximum absolute atomic E-state index is 12.3. The van der Waals surface area contributed by atoms with Crippen LogP contribution >= 0.6 is 0 Å². The highest BCUT2D eigenvalue weighted by atomic mass is 16.3. The third-order valence-corrected chi connectivity index (χ3v) is 4.81. The van der Waals surface area contributed by atoms with Crippen molar-refractivity contribution in [2.45, 2.75) is 33.6 Å². The maximum atomic E-state index is 12.3. The number of allylic oxidation sites excluding steroid dienone is 7. The van der Waals surface area contributed by atoms with Gasteiger partial charge in [-0.25, -0.2) is 0 Å². The van der Waals surface area contributed by atoms with E-state index in [9.17, 15) is 15.0 Å². The molecular formula is C22H26O3. The quantitative estimate of drug-likeness (QED) is 0.408. The average Bonchev–Trinajstić information content (AvgIpc) is 2.60. The molecule has 1 atom stereocenters. The van der Waals surface area contributed by atoms with Crippen LogP contribution in [0.2, 0.25) is 0 Å². The number of hydrogen-bond donors (Lipinski definition) is 2. The Balaban J connectivity index is 2.31. The Morgan fingerprint density at radius 2 is 1.92 bits per heavy atom. The second kappa shape index (κ2) is 7.56. The van der Waals surface area contributed by atoms with Crippen molar-refractivity contribution in [3.63, 3.8) is 0 Å². The van der Waals surface area contributed by atoms with Gasteiger partial charge in [-0.3, -0.25) is 4.79 Å². The Morgan fingerprint density at radius 1 is 1.28 bits per heavy atom. The molecule has 1 aliphatic rings. The summed E-state index contributed by atoms with van der Waals surface area (Å²) in [6, 6.07) is 6.21. The molecule has 0 amide bonds. The van der Waals surface area contributed by atoms with Crippen LogP contribution in [0, 0.1) is 11.3 Å². The van der Waals surface area contributed by atoms with Gasteiger partial charge in [0.2, 0.25) is 0 Å². The zero-order chi connectivity index (χ0) is 18.6. The molecule has 0 aromatic heterocycles. The highest BCUT2D eigenvalue weighted by molar-refractivity contribution is 6.04. The predicted molar refractivity (Wildman–Crippen MR) is 102 cm³/mol. The average molecular weight is 338 g/mol. The molecule has 1 aliphatic carbocycles. The lowest BCUT2D eigenvalue weighted by molar-refractivity contribution is 0.104. The molecule has 3 heteroatoms. The second-order valence-corrected chi connectivity index (χ2v) is 6.98. The molecule has 3 nitrogen and oxygen atoms in total. The standard InChI is InChI=1S/C22H26O3/c1-5-15-14-21(25)19(22(3,4)6-2)13-17(15)9-12-20(24)16-7-10-18(23)11-8-16/h6-13,15,23,25H,2,5,14H2,1,3-4H3/b12-9+. The van der Waals surface area contributed by atoms with E-state index in [0.29, 0.717) is 17.7 Å². The fourth-order valence-corrected chi connectivity index (χ4v) is 2.95. The lowest BCUT2D eigenvalue weighted by Crippen LogP contribution is -2.19. The molecule has 0 heterocycles. The maximum Gasteiger partial charge on any atom is 0.185 e. The van der Waals surface area contributed by atoms with Crippen LogP contribution < -0.4 is 0 Å².